The molecule has 49 heavy (non-hydrogen) atoms. The largest absolute Gasteiger partial charge is 0.0630 e. The average Bonchev–Trinajstić information content (AvgIpc) is 3.22. The summed E-state index contributed by atoms with van der Waals surface area (Å²) in [5, 5.41) is 2.97. The van der Waals surface area contributed by atoms with Crippen molar-refractivity contribution in [2.45, 2.75) is 32.1 Å². The van der Waals surface area contributed by atoms with Crippen LogP contribution in [0.1, 0.15) is 59.6 Å². The lowest BCUT2D eigenvalue weighted by Crippen LogP contribution is -2.23. The van der Waals surface area contributed by atoms with Crippen molar-refractivity contribution >= 4 is 43.1 Å². The standard InChI is InChI=1S/C49H36/c1-49(2)44-17-7-6-14-42(44)43-16-9-15-40-38(23-25-45(49)48(40)43)28-32-26-31(29-39(30-32)33-10-4-3-5-11-33)27-37-21-20-36-19-18-34-12-8-13-35-22-24-41(37)47(36)46(34)35/h3-26,29-30H,27-28H2,1-2H3/i8D,12D,13D,18D,19D,20D,21D,22D,24D. The van der Waals surface area contributed by atoms with Crippen LogP contribution >= 0.6 is 0 Å². The van der Waals surface area contributed by atoms with Crippen LogP contribution in [0.2, 0.25) is 0 Å². The Morgan fingerprint density at radius 2 is 1.14 bits per heavy atom. The molecule has 0 heterocycles. The van der Waals surface area contributed by atoms with E-state index in [0.29, 0.717) is 12.0 Å². The monoisotopic (exact) mass is 633 g/mol. The lowest BCUT2D eigenvalue weighted by atomic mass is 9.68. The molecule has 0 unspecified atom stereocenters. The zero-order chi connectivity index (χ0) is 40.5. The molecule has 0 nitrogen and oxygen atoms in total. The molecule has 9 aromatic carbocycles. The molecule has 0 bridgehead atoms. The molecule has 1 aliphatic carbocycles. The fourth-order valence-corrected chi connectivity index (χ4v) is 8.21. The second kappa shape index (κ2) is 10.6. The summed E-state index contributed by atoms with van der Waals surface area (Å²) >= 11 is 0. The Labute approximate surface area is 300 Å². The maximum absolute atomic E-state index is 9.33. The molecule has 0 spiro atoms. The Kier molecular flexibility index (Phi) is 4.47. The maximum atomic E-state index is 9.33. The van der Waals surface area contributed by atoms with E-state index in [4.69, 9.17) is 8.22 Å². The van der Waals surface area contributed by atoms with Crippen molar-refractivity contribution in [3.05, 3.63) is 191 Å². The minimum atomic E-state index is -0.478. The van der Waals surface area contributed by atoms with Gasteiger partial charge in [-0.15, -0.1) is 0 Å². The zero-order valence-electron chi connectivity index (χ0n) is 36.2. The van der Waals surface area contributed by atoms with E-state index in [2.05, 4.69) is 98.8 Å². The average molecular weight is 634 g/mol. The Balaban J connectivity index is 1.19. The molecular weight excluding hydrogens is 589 g/mol. The van der Waals surface area contributed by atoms with Gasteiger partial charge in [-0.2, -0.15) is 0 Å². The second-order valence-electron chi connectivity index (χ2n) is 13.8. The molecule has 0 heteroatoms. The van der Waals surface area contributed by atoms with Gasteiger partial charge in [-0.3, -0.25) is 0 Å². The number of fused-ring (bicyclic) bond motifs is 2. The van der Waals surface area contributed by atoms with Crippen LogP contribution in [0.25, 0.3) is 65.3 Å². The van der Waals surface area contributed by atoms with E-state index >= 15 is 0 Å². The van der Waals surface area contributed by atoms with E-state index in [1.54, 1.807) is 0 Å². The van der Waals surface area contributed by atoms with Crippen molar-refractivity contribution in [2.24, 2.45) is 0 Å². The Morgan fingerprint density at radius 1 is 0.469 bits per heavy atom. The van der Waals surface area contributed by atoms with E-state index in [1.807, 2.05) is 18.2 Å². The third-order valence-electron chi connectivity index (χ3n) is 10.5. The molecule has 0 amide bonds. The predicted octanol–water partition coefficient (Wildman–Crippen LogP) is 12.9. The van der Waals surface area contributed by atoms with Crippen LogP contribution in [-0.4, -0.2) is 0 Å². The first-order chi connectivity index (χ1) is 27.8. The first-order valence-electron chi connectivity index (χ1n) is 21.3. The van der Waals surface area contributed by atoms with Crippen molar-refractivity contribution in [1.82, 2.24) is 0 Å². The molecule has 0 atom stereocenters. The molecule has 0 fully saturated rings. The fraction of sp³-hybridized carbons (Fsp3) is 0.102. The van der Waals surface area contributed by atoms with E-state index in [0.717, 1.165) is 22.3 Å². The van der Waals surface area contributed by atoms with Crippen LogP contribution in [0.4, 0.5) is 0 Å². The normalized spacial score (nSPS) is 16.0. The van der Waals surface area contributed by atoms with Gasteiger partial charge in [0, 0.05) is 5.41 Å². The molecule has 9 aromatic rings. The van der Waals surface area contributed by atoms with Gasteiger partial charge >= 0.3 is 0 Å². The zero-order valence-corrected chi connectivity index (χ0v) is 27.2. The summed E-state index contributed by atoms with van der Waals surface area (Å²) in [6, 6.07) is 33.1. The summed E-state index contributed by atoms with van der Waals surface area (Å²) in [7, 11) is 0. The van der Waals surface area contributed by atoms with E-state index in [-0.39, 0.29) is 80.4 Å². The predicted molar refractivity (Wildman–Crippen MR) is 209 cm³/mol. The summed E-state index contributed by atoms with van der Waals surface area (Å²) in [5.74, 6) is 0. The van der Waals surface area contributed by atoms with Gasteiger partial charge in [-0.1, -0.05) is 171 Å². The SMILES string of the molecule is [2H]c1c([2H])c2c([2H])c([2H])c3c([2H])c([2H])c(Cc4cc(Cc5ccc6c7c(cccc57)-c5ccccc5C6(C)C)cc(-c5ccccc5)c4)c4c([2H])c([2H])c(c1[2H])c2c34. The van der Waals surface area contributed by atoms with Gasteiger partial charge in [0.15, 0.2) is 0 Å². The van der Waals surface area contributed by atoms with Gasteiger partial charge in [0.2, 0.25) is 0 Å². The third-order valence-corrected chi connectivity index (χ3v) is 10.5. The van der Waals surface area contributed by atoms with Crippen LogP contribution < -0.4 is 0 Å². The van der Waals surface area contributed by atoms with Crippen LogP contribution in [0.15, 0.2) is 158 Å². The van der Waals surface area contributed by atoms with E-state index in [1.165, 1.54) is 38.6 Å². The fourth-order valence-electron chi connectivity index (χ4n) is 8.21. The molecule has 0 aliphatic heterocycles. The van der Waals surface area contributed by atoms with Crippen molar-refractivity contribution in [3.63, 3.8) is 0 Å². The Morgan fingerprint density at radius 3 is 1.96 bits per heavy atom. The molecule has 232 valence electrons. The van der Waals surface area contributed by atoms with Crippen molar-refractivity contribution in [2.75, 3.05) is 0 Å². The minimum Gasteiger partial charge on any atom is -0.0622 e. The van der Waals surface area contributed by atoms with Gasteiger partial charge < -0.3 is 0 Å². The highest BCUT2D eigenvalue weighted by molar-refractivity contribution is 6.23. The van der Waals surface area contributed by atoms with Crippen LogP contribution in [0, 0.1) is 0 Å². The maximum Gasteiger partial charge on any atom is 0.0630 e. The highest BCUT2D eigenvalue weighted by Crippen LogP contribution is 2.49. The van der Waals surface area contributed by atoms with Crippen LogP contribution in [0.5, 0.6) is 0 Å². The van der Waals surface area contributed by atoms with Gasteiger partial charge in [-0.05, 0) is 112 Å². The number of benzene rings is 9. The van der Waals surface area contributed by atoms with E-state index in [9.17, 15) is 4.11 Å². The summed E-state index contributed by atoms with van der Waals surface area (Å²) in [6.07, 6.45) is 0.758. The summed E-state index contributed by atoms with van der Waals surface area (Å²) < 4.78 is 80.6. The molecule has 0 saturated carbocycles. The van der Waals surface area contributed by atoms with Crippen LogP contribution in [0.3, 0.4) is 0 Å². The van der Waals surface area contributed by atoms with Crippen molar-refractivity contribution in [3.8, 4) is 22.3 Å². The summed E-state index contributed by atoms with van der Waals surface area (Å²) in [5.41, 5.74) is 10.3. The smallest absolute Gasteiger partial charge is 0.0622 e. The first kappa shape index (κ1) is 20.6. The molecule has 1 aliphatic rings. The first-order valence-corrected chi connectivity index (χ1v) is 16.8. The van der Waals surface area contributed by atoms with Crippen molar-refractivity contribution < 1.29 is 12.3 Å². The number of hydrogen-bond acceptors (Lipinski definition) is 0. The quantitative estimate of drug-likeness (QED) is 0.165. The molecule has 0 N–H and O–H groups in total. The highest BCUT2D eigenvalue weighted by atomic mass is 14.4. The van der Waals surface area contributed by atoms with Gasteiger partial charge in [-0.25, -0.2) is 0 Å². The molecule has 0 radical (unpaired) electrons. The molecule has 10 rings (SSSR count). The molecular formula is C49H36. The Bertz CT molecular complexity index is 3210. The van der Waals surface area contributed by atoms with Crippen LogP contribution in [-0.2, 0) is 18.3 Å². The van der Waals surface area contributed by atoms with Gasteiger partial charge in [0.1, 0.15) is 0 Å². The molecule has 0 saturated heterocycles. The van der Waals surface area contributed by atoms with E-state index < -0.39 is 18.1 Å². The highest BCUT2D eigenvalue weighted by Gasteiger charge is 2.33. The van der Waals surface area contributed by atoms with Crippen molar-refractivity contribution in [1.29, 1.82) is 0 Å². The number of hydrogen-bond donors (Lipinski definition) is 0. The van der Waals surface area contributed by atoms with Gasteiger partial charge in [0.05, 0.1) is 12.3 Å². The lowest BCUT2D eigenvalue weighted by Gasteiger charge is -2.35. The summed E-state index contributed by atoms with van der Waals surface area (Å²) in [6.45, 7) is 4.58. The number of rotatable bonds is 5. The molecule has 0 aromatic heterocycles. The summed E-state index contributed by atoms with van der Waals surface area (Å²) in [4.78, 5) is 0. The second-order valence-corrected chi connectivity index (χ2v) is 13.8. The third kappa shape index (κ3) is 4.37. The van der Waals surface area contributed by atoms with Gasteiger partial charge in [0.25, 0.3) is 0 Å². The minimum absolute atomic E-state index is 0.0105. The lowest BCUT2D eigenvalue weighted by molar-refractivity contribution is 0.645. The topological polar surface area (TPSA) is 0 Å². The Hall–Kier alpha value is -5.72.